The van der Waals surface area contributed by atoms with Crippen LogP contribution in [-0.2, 0) is 4.74 Å². The summed E-state index contributed by atoms with van der Waals surface area (Å²) >= 11 is 1.62. The fourth-order valence-corrected chi connectivity index (χ4v) is 4.67. The number of rotatable bonds is 4. The van der Waals surface area contributed by atoms with Crippen molar-refractivity contribution >= 4 is 23.4 Å². The molecule has 1 aromatic heterocycles. The summed E-state index contributed by atoms with van der Waals surface area (Å²) in [7, 11) is 1.40. The Morgan fingerprint density at radius 3 is 2.59 bits per heavy atom. The number of methoxy groups -OCH3 is 1. The van der Waals surface area contributed by atoms with E-state index in [4.69, 9.17) is 9.84 Å². The van der Waals surface area contributed by atoms with Crippen LogP contribution in [-0.4, -0.2) is 42.3 Å². The molecular formula is C16H23NO4S. The van der Waals surface area contributed by atoms with Gasteiger partial charge in [-0.3, -0.25) is 0 Å². The number of hydrogen-bond donors (Lipinski definition) is 1. The van der Waals surface area contributed by atoms with Crippen molar-refractivity contribution in [3.8, 4) is 0 Å². The van der Waals surface area contributed by atoms with E-state index in [-0.39, 0.29) is 5.97 Å². The minimum Gasteiger partial charge on any atom is -0.465 e. The van der Waals surface area contributed by atoms with Crippen molar-refractivity contribution in [2.24, 2.45) is 5.92 Å². The molecule has 1 atom stereocenters. The Kier molecular flexibility index (Phi) is 5.45. The highest BCUT2D eigenvalue weighted by Gasteiger charge is 2.31. The lowest BCUT2D eigenvalue weighted by Gasteiger charge is -2.34. The van der Waals surface area contributed by atoms with Gasteiger partial charge in [0.1, 0.15) is 0 Å². The zero-order chi connectivity index (χ0) is 16.3. The average molecular weight is 325 g/mol. The lowest BCUT2D eigenvalue weighted by atomic mass is 9.80. The van der Waals surface area contributed by atoms with E-state index >= 15 is 0 Å². The van der Waals surface area contributed by atoms with E-state index < -0.39 is 6.09 Å². The quantitative estimate of drug-likeness (QED) is 0.857. The van der Waals surface area contributed by atoms with E-state index in [1.165, 1.54) is 16.9 Å². The summed E-state index contributed by atoms with van der Waals surface area (Å²) in [6, 6.07) is 0. The van der Waals surface area contributed by atoms with Gasteiger partial charge in [0.25, 0.3) is 0 Å². The van der Waals surface area contributed by atoms with Gasteiger partial charge in [-0.2, -0.15) is 0 Å². The normalized spacial score (nSPS) is 17.3. The third kappa shape index (κ3) is 3.27. The molecule has 2 rings (SSSR count). The summed E-state index contributed by atoms with van der Waals surface area (Å²) in [5, 5.41) is 10.9. The first-order valence-electron chi connectivity index (χ1n) is 7.63. The van der Waals surface area contributed by atoms with Crippen LogP contribution in [0.1, 0.15) is 52.9 Å². The van der Waals surface area contributed by atoms with Crippen LogP contribution >= 0.6 is 11.3 Å². The first-order valence-corrected chi connectivity index (χ1v) is 8.51. The van der Waals surface area contributed by atoms with Crippen molar-refractivity contribution in [2.45, 2.75) is 39.0 Å². The van der Waals surface area contributed by atoms with Crippen molar-refractivity contribution < 1.29 is 19.4 Å². The molecule has 22 heavy (non-hydrogen) atoms. The number of carboxylic acid groups (broad SMARTS) is 1. The average Bonchev–Trinajstić information content (AvgIpc) is 2.90. The molecule has 0 aromatic carbocycles. The van der Waals surface area contributed by atoms with Gasteiger partial charge in [-0.1, -0.05) is 6.92 Å². The summed E-state index contributed by atoms with van der Waals surface area (Å²) in [6.07, 6.45) is 1.94. The molecule has 1 aromatic rings. The molecule has 1 N–H and O–H groups in total. The van der Waals surface area contributed by atoms with Crippen molar-refractivity contribution in [1.82, 2.24) is 4.90 Å². The van der Waals surface area contributed by atoms with Crippen LogP contribution in [0.2, 0.25) is 0 Å². The van der Waals surface area contributed by atoms with Crippen LogP contribution in [0.15, 0.2) is 5.38 Å². The molecule has 0 saturated carbocycles. The number of carbonyl (C=O) groups excluding carboxylic acids is 1. The van der Waals surface area contributed by atoms with Gasteiger partial charge < -0.3 is 14.7 Å². The second-order valence-electron chi connectivity index (χ2n) is 5.75. The molecule has 0 radical (unpaired) electrons. The summed E-state index contributed by atoms with van der Waals surface area (Å²) in [6.45, 7) is 5.34. The highest BCUT2D eigenvalue weighted by atomic mass is 32.1. The number of hydrogen-bond acceptors (Lipinski definition) is 4. The fraction of sp³-hybridized carbons (Fsp3) is 0.625. The largest absolute Gasteiger partial charge is 0.465 e. The van der Waals surface area contributed by atoms with E-state index in [0.717, 1.165) is 24.8 Å². The second kappa shape index (κ2) is 7.13. The number of likely N-dealkylation sites (tertiary alicyclic amines) is 1. The summed E-state index contributed by atoms with van der Waals surface area (Å²) in [5.74, 6) is 0.582. The third-order valence-electron chi connectivity index (χ3n) is 4.64. The Morgan fingerprint density at radius 2 is 2.09 bits per heavy atom. The number of amides is 1. The Morgan fingerprint density at radius 1 is 1.45 bits per heavy atom. The Balaban J connectivity index is 2.14. The molecule has 2 heterocycles. The van der Waals surface area contributed by atoms with Crippen molar-refractivity contribution in [2.75, 3.05) is 20.2 Å². The molecule has 1 fully saturated rings. The number of nitrogens with zero attached hydrogens (tertiary/aromatic N) is 1. The van der Waals surface area contributed by atoms with Gasteiger partial charge in [-0.05, 0) is 43.6 Å². The van der Waals surface area contributed by atoms with Gasteiger partial charge in [0.2, 0.25) is 0 Å². The van der Waals surface area contributed by atoms with Crippen molar-refractivity contribution in [3.05, 3.63) is 21.4 Å². The van der Waals surface area contributed by atoms with Gasteiger partial charge in [0, 0.05) is 23.3 Å². The lowest BCUT2D eigenvalue weighted by molar-refractivity contribution is 0.0600. The highest BCUT2D eigenvalue weighted by molar-refractivity contribution is 7.10. The molecule has 0 aliphatic carbocycles. The van der Waals surface area contributed by atoms with Gasteiger partial charge >= 0.3 is 12.1 Å². The molecular weight excluding hydrogens is 302 g/mol. The number of carbonyl (C=O) groups is 2. The molecule has 1 aliphatic heterocycles. The maximum atomic E-state index is 11.8. The van der Waals surface area contributed by atoms with E-state index in [1.54, 1.807) is 11.3 Å². The Bertz CT molecular complexity index is 546. The van der Waals surface area contributed by atoms with E-state index in [9.17, 15) is 9.59 Å². The monoisotopic (exact) mass is 325 g/mol. The van der Waals surface area contributed by atoms with Crippen LogP contribution in [0.4, 0.5) is 4.79 Å². The molecule has 6 heteroatoms. The Labute approximate surface area is 134 Å². The predicted molar refractivity (Wildman–Crippen MR) is 85.7 cm³/mol. The van der Waals surface area contributed by atoms with Crippen LogP contribution in [0.5, 0.6) is 0 Å². The van der Waals surface area contributed by atoms with E-state index in [1.807, 2.05) is 12.3 Å². The van der Waals surface area contributed by atoms with Crippen molar-refractivity contribution in [1.29, 1.82) is 0 Å². The van der Waals surface area contributed by atoms with Crippen LogP contribution in [0.25, 0.3) is 0 Å². The molecule has 1 aliphatic rings. The molecule has 1 unspecified atom stereocenters. The third-order valence-corrected chi connectivity index (χ3v) is 5.85. The summed E-state index contributed by atoms with van der Waals surface area (Å²) in [5.41, 5.74) is 1.67. The fourth-order valence-electron chi connectivity index (χ4n) is 3.33. The predicted octanol–water partition coefficient (Wildman–Crippen LogP) is 3.73. The number of ether oxygens (including phenoxy) is 1. The summed E-state index contributed by atoms with van der Waals surface area (Å²) < 4.78 is 4.83. The topological polar surface area (TPSA) is 66.8 Å². The molecule has 1 saturated heterocycles. The lowest BCUT2D eigenvalue weighted by Crippen LogP contribution is -2.38. The second-order valence-corrected chi connectivity index (χ2v) is 6.66. The zero-order valence-electron chi connectivity index (χ0n) is 13.3. The van der Waals surface area contributed by atoms with Crippen LogP contribution < -0.4 is 0 Å². The molecule has 5 nitrogen and oxygen atoms in total. The highest BCUT2D eigenvalue weighted by Crippen LogP contribution is 2.40. The first-order chi connectivity index (χ1) is 10.5. The Hall–Kier alpha value is -1.56. The van der Waals surface area contributed by atoms with Crippen LogP contribution in [0.3, 0.4) is 0 Å². The van der Waals surface area contributed by atoms with E-state index in [2.05, 4.69) is 6.92 Å². The standard InChI is InChI=1S/C16H23NO4S/c1-4-12(11-5-7-17(8-6-11)16(19)20)14-10(2)13(9-22-14)15(18)21-3/h9,11-12H,4-8H2,1-3H3,(H,19,20). The summed E-state index contributed by atoms with van der Waals surface area (Å²) in [4.78, 5) is 25.5. The smallest absolute Gasteiger partial charge is 0.407 e. The maximum absolute atomic E-state index is 11.8. The number of esters is 1. The minimum absolute atomic E-state index is 0.282. The number of thiophene rings is 1. The number of piperidine rings is 1. The zero-order valence-corrected chi connectivity index (χ0v) is 14.1. The van der Waals surface area contributed by atoms with Crippen molar-refractivity contribution in [3.63, 3.8) is 0 Å². The SMILES string of the molecule is CCC(c1scc(C(=O)OC)c1C)C1CCN(C(=O)O)CC1. The van der Waals surface area contributed by atoms with Gasteiger partial charge in [0.15, 0.2) is 0 Å². The molecule has 0 spiro atoms. The van der Waals surface area contributed by atoms with Gasteiger partial charge in [0.05, 0.1) is 12.7 Å². The molecule has 1 amide bonds. The maximum Gasteiger partial charge on any atom is 0.407 e. The van der Waals surface area contributed by atoms with Gasteiger partial charge in [-0.25, -0.2) is 9.59 Å². The molecule has 122 valence electrons. The van der Waals surface area contributed by atoms with E-state index in [0.29, 0.717) is 30.5 Å². The van der Waals surface area contributed by atoms with Gasteiger partial charge in [-0.15, -0.1) is 11.3 Å². The minimum atomic E-state index is -0.827. The van der Waals surface area contributed by atoms with Crippen LogP contribution in [0, 0.1) is 12.8 Å². The molecule has 0 bridgehead atoms. The first kappa shape index (κ1) is 16.8.